The van der Waals surface area contributed by atoms with Crippen molar-refractivity contribution in [3.8, 4) is 5.75 Å². The summed E-state index contributed by atoms with van der Waals surface area (Å²) < 4.78 is 38.5. The highest BCUT2D eigenvalue weighted by Crippen LogP contribution is 2.26. The smallest absolute Gasteiger partial charge is 0.314 e. The Labute approximate surface area is 206 Å². The Bertz CT molecular complexity index is 1160. The highest BCUT2D eigenvalue weighted by molar-refractivity contribution is 7.92. The lowest BCUT2D eigenvalue weighted by Crippen LogP contribution is -2.40. The van der Waals surface area contributed by atoms with Crippen molar-refractivity contribution in [3.63, 3.8) is 0 Å². The summed E-state index contributed by atoms with van der Waals surface area (Å²) in [5, 5.41) is 4.13. The zero-order valence-corrected chi connectivity index (χ0v) is 21.0. The molecule has 1 saturated carbocycles. The minimum absolute atomic E-state index is 0.0267. The van der Waals surface area contributed by atoms with Crippen LogP contribution in [0.4, 0.5) is 5.69 Å². The number of amides is 1. The molecule has 10 heteroatoms. The number of nitrogens with zero attached hydrogens (tertiary/aromatic N) is 2. The van der Waals surface area contributed by atoms with Crippen molar-refractivity contribution in [2.45, 2.75) is 44.9 Å². The minimum Gasteiger partial charge on any atom is -0.494 e. The van der Waals surface area contributed by atoms with Crippen molar-refractivity contribution in [1.82, 2.24) is 5.43 Å². The normalized spacial score (nSPS) is 16.7. The number of hydrogen-bond acceptors (Lipinski definition) is 7. The van der Waals surface area contributed by atoms with E-state index in [4.69, 9.17) is 9.47 Å². The molecule has 0 saturated heterocycles. The van der Waals surface area contributed by atoms with E-state index in [1.165, 1.54) is 12.1 Å². The van der Waals surface area contributed by atoms with Crippen LogP contribution in [0, 0.1) is 12.8 Å². The molecule has 2 aromatic carbocycles. The average Bonchev–Trinajstić information content (AvgIpc) is 3.31. The minimum atomic E-state index is -4.07. The summed E-state index contributed by atoms with van der Waals surface area (Å²) in [5.74, 6) is -0.926. The van der Waals surface area contributed by atoms with Crippen molar-refractivity contribution < 1.29 is 27.5 Å². The second-order valence-corrected chi connectivity index (χ2v) is 9.95. The number of esters is 1. The number of carbonyl (C=O) groups is 2. The fourth-order valence-electron chi connectivity index (χ4n) is 3.79. The molecule has 9 nitrogen and oxygen atoms in total. The maximum absolute atomic E-state index is 13.5. The first-order chi connectivity index (χ1) is 16.8. The third-order valence-corrected chi connectivity index (χ3v) is 7.34. The van der Waals surface area contributed by atoms with Crippen LogP contribution in [0.15, 0.2) is 58.5 Å². The Morgan fingerprint density at radius 3 is 2.37 bits per heavy atom. The van der Waals surface area contributed by atoms with Crippen molar-refractivity contribution in [2.24, 2.45) is 11.0 Å². The number of anilines is 1. The number of hydrazone groups is 1. The largest absolute Gasteiger partial charge is 0.494 e. The highest BCUT2D eigenvalue weighted by Gasteiger charge is 2.31. The van der Waals surface area contributed by atoms with Gasteiger partial charge in [-0.3, -0.25) is 13.9 Å². The van der Waals surface area contributed by atoms with Gasteiger partial charge in [-0.25, -0.2) is 13.8 Å². The van der Waals surface area contributed by atoms with Gasteiger partial charge >= 0.3 is 5.97 Å². The zero-order chi connectivity index (χ0) is 25.4. The molecule has 0 heterocycles. The van der Waals surface area contributed by atoms with E-state index in [-0.39, 0.29) is 17.5 Å². The SMILES string of the molecule is CCOC(=O)[C@@H]1CCC/C1=N/NC(=O)CN(c1ccc(C)cc1)S(=O)(=O)c1ccc(OCC)cc1. The lowest BCUT2D eigenvalue weighted by atomic mass is 10.1. The van der Waals surface area contributed by atoms with Crippen molar-refractivity contribution in [1.29, 1.82) is 0 Å². The summed E-state index contributed by atoms with van der Waals surface area (Å²) >= 11 is 0. The van der Waals surface area contributed by atoms with Crippen molar-refractivity contribution >= 4 is 33.3 Å². The fraction of sp³-hybridized carbons (Fsp3) is 0.400. The molecule has 35 heavy (non-hydrogen) atoms. The first-order valence-corrected chi connectivity index (χ1v) is 13.0. The van der Waals surface area contributed by atoms with Crippen LogP contribution in [-0.2, 0) is 24.3 Å². The van der Waals surface area contributed by atoms with Gasteiger partial charge in [-0.1, -0.05) is 17.7 Å². The summed E-state index contributed by atoms with van der Waals surface area (Å²) in [6, 6.07) is 12.9. The maximum Gasteiger partial charge on any atom is 0.314 e. The molecule has 1 amide bonds. The van der Waals surface area contributed by atoms with E-state index in [1.54, 1.807) is 43.3 Å². The maximum atomic E-state index is 13.5. The van der Waals surface area contributed by atoms with Gasteiger partial charge in [-0.2, -0.15) is 5.10 Å². The molecule has 1 aliphatic rings. The second-order valence-electron chi connectivity index (χ2n) is 8.09. The van der Waals surface area contributed by atoms with E-state index in [0.29, 0.717) is 36.6 Å². The van der Waals surface area contributed by atoms with Gasteiger partial charge in [-0.15, -0.1) is 0 Å². The van der Waals surface area contributed by atoms with Gasteiger partial charge in [0, 0.05) is 0 Å². The number of benzene rings is 2. The van der Waals surface area contributed by atoms with Crippen LogP contribution >= 0.6 is 0 Å². The molecule has 0 spiro atoms. The predicted octanol–water partition coefficient (Wildman–Crippen LogP) is 3.42. The van der Waals surface area contributed by atoms with E-state index in [0.717, 1.165) is 16.3 Å². The lowest BCUT2D eigenvalue weighted by molar-refractivity contribution is -0.145. The van der Waals surface area contributed by atoms with Crippen LogP contribution in [0.3, 0.4) is 0 Å². The topological polar surface area (TPSA) is 114 Å². The van der Waals surface area contributed by atoms with Crippen molar-refractivity contribution in [3.05, 3.63) is 54.1 Å². The third-order valence-electron chi connectivity index (χ3n) is 5.56. The quantitative estimate of drug-likeness (QED) is 0.394. The number of hydrogen-bond donors (Lipinski definition) is 1. The summed E-state index contributed by atoms with van der Waals surface area (Å²) in [6.45, 7) is 5.70. The molecule has 0 radical (unpaired) electrons. The molecule has 1 N–H and O–H groups in total. The first-order valence-electron chi connectivity index (χ1n) is 11.6. The Hall–Kier alpha value is -3.40. The van der Waals surface area contributed by atoms with E-state index >= 15 is 0 Å². The van der Waals surface area contributed by atoms with Crippen molar-refractivity contribution in [2.75, 3.05) is 24.1 Å². The molecule has 0 bridgehead atoms. The number of ether oxygens (including phenoxy) is 2. The van der Waals surface area contributed by atoms with Crippen LogP contribution in [-0.4, -0.2) is 45.8 Å². The van der Waals surface area contributed by atoms with Crippen LogP contribution in [0.5, 0.6) is 5.75 Å². The van der Waals surface area contributed by atoms with Gasteiger partial charge in [0.1, 0.15) is 12.3 Å². The lowest BCUT2D eigenvalue weighted by Gasteiger charge is -2.24. The summed E-state index contributed by atoms with van der Waals surface area (Å²) in [4.78, 5) is 25.0. The number of aryl methyl sites for hydroxylation is 1. The molecular formula is C25H31N3O6S. The Balaban J connectivity index is 1.83. The van der Waals surface area contributed by atoms with E-state index in [9.17, 15) is 18.0 Å². The fourth-order valence-corrected chi connectivity index (χ4v) is 5.21. The number of sulfonamides is 1. The molecule has 2 aromatic rings. The van der Waals surface area contributed by atoms with E-state index < -0.39 is 28.4 Å². The predicted molar refractivity (Wildman–Crippen MR) is 133 cm³/mol. The number of rotatable bonds is 10. The Morgan fingerprint density at radius 2 is 1.74 bits per heavy atom. The molecule has 0 aromatic heterocycles. The molecular weight excluding hydrogens is 470 g/mol. The zero-order valence-electron chi connectivity index (χ0n) is 20.2. The van der Waals surface area contributed by atoms with Crippen LogP contribution in [0.2, 0.25) is 0 Å². The molecule has 1 fully saturated rings. The van der Waals surface area contributed by atoms with Crippen LogP contribution in [0.25, 0.3) is 0 Å². The number of nitrogens with one attached hydrogen (secondary N) is 1. The molecule has 188 valence electrons. The van der Waals surface area contributed by atoms with Crippen LogP contribution < -0.4 is 14.5 Å². The Morgan fingerprint density at radius 1 is 1.06 bits per heavy atom. The standard InChI is InChI=1S/C25H31N3O6S/c1-4-33-20-13-15-21(16-14-20)35(31,32)28(19-11-9-18(3)10-12-19)17-24(29)27-26-23-8-6-7-22(23)25(30)34-5-2/h9-16,22H,4-8,17H2,1-3H3,(H,27,29)/b26-23-/t22-/m1/s1. The van der Waals surface area contributed by atoms with Gasteiger partial charge in [-0.05, 0) is 76.4 Å². The second kappa shape index (κ2) is 11.8. The van der Waals surface area contributed by atoms with Gasteiger partial charge < -0.3 is 9.47 Å². The molecule has 0 unspecified atom stereocenters. The van der Waals surface area contributed by atoms with Gasteiger partial charge in [0.15, 0.2) is 0 Å². The molecule has 3 rings (SSSR count). The summed E-state index contributed by atoms with van der Waals surface area (Å²) in [5.41, 5.74) is 4.26. The van der Waals surface area contributed by atoms with Gasteiger partial charge in [0.05, 0.1) is 35.4 Å². The Kier molecular flexibility index (Phi) is 8.86. The molecule has 1 atom stereocenters. The number of carbonyl (C=O) groups excluding carboxylic acids is 2. The third kappa shape index (κ3) is 6.60. The average molecular weight is 502 g/mol. The van der Waals surface area contributed by atoms with Gasteiger partial charge in [0.25, 0.3) is 15.9 Å². The molecule has 0 aliphatic heterocycles. The monoisotopic (exact) mass is 501 g/mol. The van der Waals surface area contributed by atoms with E-state index in [1.807, 2.05) is 13.8 Å². The highest BCUT2D eigenvalue weighted by atomic mass is 32.2. The first kappa shape index (κ1) is 26.2. The van der Waals surface area contributed by atoms with Gasteiger partial charge in [0.2, 0.25) is 0 Å². The van der Waals surface area contributed by atoms with Crippen LogP contribution in [0.1, 0.15) is 38.7 Å². The summed E-state index contributed by atoms with van der Waals surface area (Å²) in [7, 11) is -4.07. The van der Waals surface area contributed by atoms with E-state index in [2.05, 4.69) is 10.5 Å². The molecule has 1 aliphatic carbocycles. The summed E-state index contributed by atoms with van der Waals surface area (Å²) in [6.07, 6.45) is 1.94.